The van der Waals surface area contributed by atoms with Crippen LogP contribution < -0.4 is 9.47 Å². The summed E-state index contributed by atoms with van der Waals surface area (Å²) in [6, 6.07) is 3.89. The number of nitrogens with zero attached hydrogens (tertiary/aromatic N) is 2. The molecule has 0 atom stereocenters. The second kappa shape index (κ2) is 8.52. The third-order valence-corrected chi connectivity index (χ3v) is 4.90. The summed E-state index contributed by atoms with van der Waals surface area (Å²) in [4.78, 5) is 9.16. The number of aryl methyl sites for hydroxylation is 1. The van der Waals surface area contributed by atoms with Crippen LogP contribution in [-0.4, -0.2) is 31.5 Å². The molecule has 1 aliphatic rings. The normalized spacial score (nSPS) is 13.6. The van der Waals surface area contributed by atoms with Crippen molar-refractivity contribution in [3.8, 4) is 11.5 Å². The van der Waals surface area contributed by atoms with E-state index < -0.39 is 0 Å². The zero-order valence-electron chi connectivity index (χ0n) is 15.0. The van der Waals surface area contributed by atoms with Crippen molar-refractivity contribution in [2.75, 3.05) is 20.3 Å². The van der Waals surface area contributed by atoms with E-state index in [0.717, 1.165) is 66.7 Å². The molecule has 2 aromatic rings. The molecule has 1 aromatic carbocycles. The minimum absolute atomic E-state index is 0.601. The molecule has 0 unspecified atom stereocenters. The van der Waals surface area contributed by atoms with Gasteiger partial charge < -0.3 is 9.47 Å². The molecule has 0 bridgehead atoms. The molecule has 0 fully saturated rings. The Kier molecular flexibility index (Phi) is 6.14. The molecule has 0 spiro atoms. The molecule has 134 valence electrons. The fourth-order valence-corrected chi connectivity index (χ4v) is 3.49. The number of aromatic nitrogens is 1. The van der Waals surface area contributed by atoms with Gasteiger partial charge in [0.2, 0.25) is 0 Å². The number of rotatable bonds is 8. The zero-order chi connectivity index (χ0) is 17.6. The minimum Gasteiger partial charge on any atom is -0.493 e. The van der Waals surface area contributed by atoms with Crippen LogP contribution in [0.15, 0.2) is 17.1 Å². The number of hydrogen-bond acceptors (Lipinski definition) is 4. The van der Waals surface area contributed by atoms with E-state index in [0.29, 0.717) is 18.1 Å². The highest BCUT2D eigenvalue weighted by atomic mass is 35.5. The fourth-order valence-electron chi connectivity index (χ4n) is 3.14. The largest absolute Gasteiger partial charge is 0.493 e. The van der Waals surface area contributed by atoms with Crippen molar-refractivity contribution >= 4 is 28.7 Å². The summed E-state index contributed by atoms with van der Waals surface area (Å²) in [5, 5.41) is 1.75. The van der Waals surface area contributed by atoms with Crippen molar-refractivity contribution < 1.29 is 9.47 Å². The molecule has 1 heterocycles. The van der Waals surface area contributed by atoms with Crippen LogP contribution in [0.3, 0.4) is 0 Å². The van der Waals surface area contributed by atoms with Crippen LogP contribution in [0.1, 0.15) is 43.9 Å². The highest BCUT2D eigenvalue weighted by Gasteiger charge is 2.20. The van der Waals surface area contributed by atoms with Gasteiger partial charge in [-0.25, -0.2) is 0 Å². The summed E-state index contributed by atoms with van der Waals surface area (Å²) in [5.41, 5.74) is 3.19. The lowest BCUT2D eigenvalue weighted by atomic mass is 10.1. The number of halogens is 1. The van der Waals surface area contributed by atoms with Crippen molar-refractivity contribution in [1.82, 2.24) is 4.98 Å². The van der Waals surface area contributed by atoms with Crippen molar-refractivity contribution in [2.45, 2.75) is 45.4 Å². The van der Waals surface area contributed by atoms with Crippen LogP contribution >= 0.6 is 11.6 Å². The number of aliphatic imine (C=N–C) groups is 1. The zero-order valence-corrected chi connectivity index (χ0v) is 15.7. The maximum absolute atomic E-state index is 6.60. The topological polar surface area (TPSA) is 43.7 Å². The van der Waals surface area contributed by atoms with E-state index in [9.17, 15) is 0 Å². The van der Waals surface area contributed by atoms with E-state index >= 15 is 0 Å². The number of unbranched alkanes of at least 4 members (excludes halogenated alkanes) is 1. The summed E-state index contributed by atoms with van der Waals surface area (Å²) in [7, 11) is 1.65. The molecule has 0 saturated carbocycles. The summed E-state index contributed by atoms with van der Waals surface area (Å²) >= 11 is 6.60. The average molecular weight is 361 g/mol. The summed E-state index contributed by atoms with van der Waals surface area (Å²) in [5.74, 6) is 1.41. The summed E-state index contributed by atoms with van der Waals surface area (Å²) < 4.78 is 11.4. The smallest absolute Gasteiger partial charge is 0.163 e. The molecule has 0 radical (unpaired) electrons. The Labute approximate surface area is 154 Å². The predicted molar refractivity (Wildman–Crippen MR) is 104 cm³/mol. The van der Waals surface area contributed by atoms with Gasteiger partial charge in [-0.2, -0.15) is 0 Å². The SMILES string of the molecule is CCC/C=N\CCCOc1cc2nc3c(c(Cl)c2cc1OC)CCC3. The summed E-state index contributed by atoms with van der Waals surface area (Å²) in [6.07, 6.45) is 8.17. The summed E-state index contributed by atoms with van der Waals surface area (Å²) in [6.45, 7) is 3.54. The first kappa shape index (κ1) is 18.0. The second-order valence-electron chi connectivity index (χ2n) is 6.30. The van der Waals surface area contributed by atoms with E-state index in [1.54, 1.807) is 7.11 Å². The van der Waals surface area contributed by atoms with Crippen LogP contribution in [0.25, 0.3) is 10.9 Å². The molecule has 4 nitrogen and oxygen atoms in total. The van der Waals surface area contributed by atoms with Gasteiger partial charge in [-0.05, 0) is 43.5 Å². The fraction of sp³-hybridized carbons (Fsp3) is 0.500. The lowest BCUT2D eigenvalue weighted by Crippen LogP contribution is -2.02. The predicted octanol–water partition coefficient (Wildman–Crippen LogP) is 5.03. The molecular weight excluding hydrogens is 336 g/mol. The standard InChI is InChI=1S/C20H25ClN2O2/c1-3-4-9-22-10-6-11-25-19-13-17-15(12-18(19)24-2)20(21)14-7-5-8-16(14)23-17/h9,12-13H,3-8,10-11H2,1-2H3/b22-9-. The third kappa shape index (κ3) is 4.06. The second-order valence-corrected chi connectivity index (χ2v) is 6.68. The van der Waals surface area contributed by atoms with Crippen LogP contribution in [0.5, 0.6) is 11.5 Å². The number of benzene rings is 1. The van der Waals surface area contributed by atoms with E-state index in [2.05, 4.69) is 11.9 Å². The van der Waals surface area contributed by atoms with Gasteiger partial charge in [0.15, 0.2) is 11.5 Å². The van der Waals surface area contributed by atoms with E-state index in [1.807, 2.05) is 18.3 Å². The number of fused-ring (bicyclic) bond motifs is 2. The molecule has 0 amide bonds. The Morgan fingerprint density at radius 2 is 2.16 bits per heavy atom. The first-order valence-electron chi connectivity index (χ1n) is 9.04. The molecule has 5 heteroatoms. The van der Waals surface area contributed by atoms with Gasteiger partial charge in [0.05, 0.1) is 24.3 Å². The molecule has 0 aliphatic heterocycles. The highest BCUT2D eigenvalue weighted by Crippen LogP contribution is 2.39. The quantitative estimate of drug-likeness (QED) is 0.490. The van der Waals surface area contributed by atoms with Crippen molar-refractivity contribution in [2.24, 2.45) is 4.99 Å². The minimum atomic E-state index is 0.601. The van der Waals surface area contributed by atoms with Crippen LogP contribution in [0.2, 0.25) is 5.02 Å². The molecule has 25 heavy (non-hydrogen) atoms. The van der Waals surface area contributed by atoms with E-state index in [4.69, 9.17) is 26.1 Å². The highest BCUT2D eigenvalue weighted by molar-refractivity contribution is 6.36. The molecule has 1 aromatic heterocycles. The Balaban J connectivity index is 1.75. The maximum Gasteiger partial charge on any atom is 0.163 e. The van der Waals surface area contributed by atoms with Crippen molar-refractivity contribution in [3.63, 3.8) is 0 Å². The van der Waals surface area contributed by atoms with Gasteiger partial charge in [-0.3, -0.25) is 9.98 Å². The average Bonchev–Trinajstić information content (AvgIpc) is 3.09. The van der Waals surface area contributed by atoms with Crippen LogP contribution in [-0.2, 0) is 12.8 Å². The Bertz CT molecular complexity index is 774. The molecule has 0 saturated heterocycles. The van der Waals surface area contributed by atoms with E-state index in [-0.39, 0.29) is 0 Å². The molecular formula is C20H25ClN2O2. The molecule has 0 N–H and O–H groups in total. The van der Waals surface area contributed by atoms with Crippen molar-refractivity contribution in [3.05, 3.63) is 28.4 Å². The number of pyridine rings is 1. The Hall–Kier alpha value is -1.81. The first-order chi connectivity index (χ1) is 12.2. The van der Waals surface area contributed by atoms with Gasteiger partial charge in [0.25, 0.3) is 0 Å². The van der Waals surface area contributed by atoms with Gasteiger partial charge in [-0.1, -0.05) is 24.9 Å². The lowest BCUT2D eigenvalue weighted by Gasteiger charge is -2.13. The maximum atomic E-state index is 6.60. The van der Waals surface area contributed by atoms with Gasteiger partial charge >= 0.3 is 0 Å². The van der Waals surface area contributed by atoms with Gasteiger partial charge in [0, 0.05) is 30.1 Å². The number of ether oxygens (including phenoxy) is 2. The third-order valence-electron chi connectivity index (χ3n) is 4.46. The Morgan fingerprint density at radius 1 is 1.28 bits per heavy atom. The van der Waals surface area contributed by atoms with Crippen LogP contribution in [0.4, 0.5) is 0 Å². The van der Waals surface area contributed by atoms with Gasteiger partial charge in [-0.15, -0.1) is 0 Å². The molecule has 1 aliphatic carbocycles. The number of methoxy groups -OCH3 is 1. The Morgan fingerprint density at radius 3 is 2.96 bits per heavy atom. The monoisotopic (exact) mass is 360 g/mol. The number of hydrogen-bond donors (Lipinski definition) is 0. The lowest BCUT2D eigenvalue weighted by molar-refractivity contribution is 0.292. The van der Waals surface area contributed by atoms with Crippen LogP contribution in [0, 0.1) is 0 Å². The van der Waals surface area contributed by atoms with Crippen molar-refractivity contribution in [1.29, 1.82) is 0 Å². The van der Waals surface area contributed by atoms with E-state index in [1.165, 1.54) is 5.56 Å². The molecule has 3 rings (SSSR count). The van der Waals surface area contributed by atoms with Gasteiger partial charge in [0.1, 0.15) is 0 Å². The first-order valence-corrected chi connectivity index (χ1v) is 9.42.